The van der Waals surface area contributed by atoms with Gasteiger partial charge in [-0.05, 0) is 24.3 Å². The predicted octanol–water partition coefficient (Wildman–Crippen LogP) is 2.53. The van der Waals surface area contributed by atoms with E-state index in [0.29, 0.717) is 19.1 Å². The van der Waals surface area contributed by atoms with Gasteiger partial charge in [-0.3, -0.25) is 0 Å². The minimum atomic E-state index is -3.38. The van der Waals surface area contributed by atoms with E-state index >= 15 is 0 Å². The van der Waals surface area contributed by atoms with Crippen molar-refractivity contribution >= 4 is 10.0 Å². The van der Waals surface area contributed by atoms with E-state index in [1.165, 1.54) is 11.5 Å². The molecule has 0 aromatic carbocycles. The topological polar surface area (TPSA) is 55.4 Å². The lowest BCUT2D eigenvalue weighted by atomic mass is 9.89. The Morgan fingerprint density at radius 1 is 1.22 bits per heavy atom. The quantitative estimate of drug-likeness (QED) is 0.728. The van der Waals surface area contributed by atoms with Gasteiger partial charge in [-0.2, -0.15) is 0 Å². The van der Waals surface area contributed by atoms with Crippen LogP contribution in [0.5, 0.6) is 0 Å². The second-order valence-corrected chi connectivity index (χ2v) is 7.65. The molecule has 0 unspecified atom stereocenters. The molecule has 0 spiro atoms. The first-order chi connectivity index (χ1) is 8.04. The van der Waals surface area contributed by atoms with E-state index in [4.69, 9.17) is 4.74 Å². The van der Waals surface area contributed by atoms with Gasteiger partial charge in [0.25, 0.3) is 0 Å². The standard InChI is InChI=1S/C13H27NO3S/c1-11(2)10-17-8-7-9-18(15,16)14-12(3)13(4,5)6/h7,9,11-12,14H,8,10H2,1-6H3/b9-7+/t12-/m1/s1. The highest BCUT2D eigenvalue weighted by Crippen LogP contribution is 2.19. The minimum Gasteiger partial charge on any atom is -0.377 e. The first kappa shape index (κ1) is 17.6. The summed E-state index contributed by atoms with van der Waals surface area (Å²) in [5.41, 5.74) is -0.102. The van der Waals surface area contributed by atoms with E-state index in [0.717, 1.165) is 0 Å². The Hall–Kier alpha value is -0.390. The molecule has 4 nitrogen and oxygen atoms in total. The van der Waals surface area contributed by atoms with Crippen molar-refractivity contribution in [3.05, 3.63) is 11.5 Å². The molecule has 0 heterocycles. The van der Waals surface area contributed by atoms with Gasteiger partial charge in [-0.1, -0.05) is 34.6 Å². The summed E-state index contributed by atoms with van der Waals surface area (Å²) in [6, 6.07) is -0.122. The maximum atomic E-state index is 11.7. The summed E-state index contributed by atoms with van der Waals surface area (Å²) in [6.07, 6.45) is 1.53. The van der Waals surface area contributed by atoms with Gasteiger partial charge < -0.3 is 4.74 Å². The average molecular weight is 277 g/mol. The Morgan fingerprint density at radius 3 is 2.22 bits per heavy atom. The zero-order chi connectivity index (χ0) is 14.4. The van der Waals surface area contributed by atoms with Crippen LogP contribution in [0.4, 0.5) is 0 Å². The Kier molecular flexibility index (Phi) is 7.10. The molecule has 0 aromatic rings. The summed E-state index contributed by atoms with van der Waals surface area (Å²) in [5, 5.41) is 1.18. The minimum absolute atomic E-state index is 0.102. The Labute approximate surface area is 112 Å². The van der Waals surface area contributed by atoms with E-state index in [-0.39, 0.29) is 11.5 Å². The highest BCUT2D eigenvalue weighted by molar-refractivity contribution is 7.92. The molecule has 0 amide bonds. The molecular formula is C13H27NO3S. The third-order valence-electron chi connectivity index (χ3n) is 2.58. The highest BCUT2D eigenvalue weighted by atomic mass is 32.2. The third kappa shape index (κ3) is 8.66. The molecule has 5 heteroatoms. The zero-order valence-electron chi connectivity index (χ0n) is 12.4. The molecule has 0 radical (unpaired) electrons. The fourth-order valence-corrected chi connectivity index (χ4v) is 2.26. The van der Waals surface area contributed by atoms with Crippen molar-refractivity contribution in [1.29, 1.82) is 0 Å². The molecule has 1 N–H and O–H groups in total. The van der Waals surface area contributed by atoms with Crippen LogP contribution in [-0.4, -0.2) is 27.7 Å². The van der Waals surface area contributed by atoms with Crippen LogP contribution in [-0.2, 0) is 14.8 Å². The lowest BCUT2D eigenvalue weighted by molar-refractivity contribution is 0.135. The van der Waals surface area contributed by atoms with Crippen molar-refractivity contribution in [2.24, 2.45) is 11.3 Å². The molecule has 0 bridgehead atoms. The molecule has 0 aliphatic carbocycles. The fourth-order valence-electron chi connectivity index (χ4n) is 1.00. The van der Waals surface area contributed by atoms with Gasteiger partial charge in [0, 0.05) is 18.1 Å². The highest BCUT2D eigenvalue weighted by Gasteiger charge is 2.23. The number of hydrogen-bond acceptors (Lipinski definition) is 3. The maximum Gasteiger partial charge on any atom is 0.233 e. The van der Waals surface area contributed by atoms with Crippen molar-refractivity contribution < 1.29 is 13.2 Å². The van der Waals surface area contributed by atoms with Crippen LogP contribution in [0.15, 0.2) is 11.5 Å². The van der Waals surface area contributed by atoms with Crippen LogP contribution in [0.2, 0.25) is 0 Å². The normalized spacial score (nSPS) is 15.5. The van der Waals surface area contributed by atoms with Gasteiger partial charge in [0.2, 0.25) is 10.0 Å². The van der Waals surface area contributed by atoms with Gasteiger partial charge in [0.15, 0.2) is 0 Å². The molecule has 0 rings (SSSR count). The first-order valence-electron chi connectivity index (χ1n) is 6.31. The van der Waals surface area contributed by atoms with Crippen molar-refractivity contribution in [3.8, 4) is 0 Å². The van der Waals surface area contributed by atoms with Crippen LogP contribution >= 0.6 is 0 Å². The van der Waals surface area contributed by atoms with Gasteiger partial charge >= 0.3 is 0 Å². The summed E-state index contributed by atoms with van der Waals surface area (Å²) in [4.78, 5) is 0. The van der Waals surface area contributed by atoms with E-state index < -0.39 is 10.0 Å². The van der Waals surface area contributed by atoms with E-state index in [9.17, 15) is 8.42 Å². The molecular weight excluding hydrogens is 250 g/mol. The van der Waals surface area contributed by atoms with Gasteiger partial charge in [-0.15, -0.1) is 0 Å². The van der Waals surface area contributed by atoms with Crippen LogP contribution in [0.25, 0.3) is 0 Å². The Balaban J connectivity index is 4.20. The largest absolute Gasteiger partial charge is 0.377 e. The molecule has 1 atom stereocenters. The van der Waals surface area contributed by atoms with Crippen LogP contribution in [0.1, 0.15) is 41.5 Å². The molecule has 18 heavy (non-hydrogen) atoms. The van der Waals surface area contributed by atoms with Crippen molar-refractivity contribution in [3.63, 3.8) is 0 Å². The SMILES string of the molecule is CC(C)COC/C=C/S(=O)(=O)N[C@H](C)C(C)(C)C. The number of ether oxygens (including phenoxy) is 1. The van der Waals surface area contributed by atoms with E-state index in [2.05, 4.69) is 4.72 Å². The molecule has 0 fully saturated rings. The van der Waals surface area contributed by atoms with E-state index in [1.807, 2.05) is 41.5 Å². The molecule has 0 aliphatic heterocycles. The summed E-state index contributed by atoms with van der Waals surface area (Å²) in [6.45, 7) is 12.9. The van der Waals surface area contributed by atoms with Gasteiger partial charge in [0.1, 0.15) is 0 Å². The second kappa shape index (κ2) is 7.26. The zero-order valence-corrected chi connectivity index (χ0v) is 13.2. The number of sulfonamides is 1. The van der Waals surface area contributed by atoms with Crippen LogP contribution < -0.4 is 4.72 Å². The summed E-state index contributed by atoms with van der Waals surface area (Å²) in [5.74, 6) is 0.453. The third-order valence-corrected chi connectivity index (χ3v) is 3.81. The van der Waals surface area contributed by atoms with Crippen molar-refractivity contribution in [2.45, 2.75) is 47.6 Å². The average Bonchev–Trinajstić information content (AvgIpc) is 2.14. The Morgan fingerprint density at radius 2 is 1.78 bits per heavy atom. The van der Waals surface area contributed by atoms with Crippen LogP contribution in [0, 0.1) is 11.3 Å². The monoisotopic (exact) mass is 277 g/mol. The fraction of sp³-hybridized carbons (Fsp3) is 0.846. The maximum absolute atomic E-state index is 11.7. The van der Waals surface area contributed by atoms with E-state index in [1.54, 1.807) is 0 Å². The van der Waals surface area contributed by atoms with Crippen molar-refractivity contribution in [2.75, 3.05) is 13.2 Å². The number of nitrogens with one attached hydrogen (secondary N) is 1. The lowest BCUT2D eigenvalue weighted by Crippen LogP contribution is -2.40. The lowest BCUT2D eigenvalue weighted by Gasteiger charge is -2.27. The molecule has 0 saturated heterocycles. The summed E-state index contributed by atoms with van der Waals surface area (Å²) in [7, 11) is -3.38. The first-order valence-corrected chi connectivity index (χ1v) is 7.86. The van der Waals surface area contributed by atoms with Gasteiger partial charge in [-0.25, -0.2) is 13.1 Å². The van der Waals surface area contributed by atoms with Gasteiger partial charge in [0.05, 0.1) is 6.61 Å². The van der Waals surface area contributed by atoms with Crippen molar-refractivity contribution in [1.82, 2.24) is 4.72 Å². The number of rotatable bonds is 7. The molecule has 0 aromatic heterocycles. The molecule has 0 saturated carbocycles. The Bertz CT molecular complexity index is 353. The molecule has 0 aliphatic rings. The smallest absolute Gasteiger partial charge is 0.233 e. The molecule has 108 valence electrons. The number of hydrogen-bond donors (Lipinski definition) is 1. The predicted molar refractivity (Wildman–Crippen MR) is 75.8 cm³/mol. The summed E-state index contributed by atoms with van der Waals surface area (Å²) < 4.78 is 31.4. The second-order valence-electron chi connectivity index (χ2n) is 6.05. The summed E-state index contributed by atoms with van der Waals surface area (Å²) >= 11 is 0. The van der Waals surface area contributed by atoms with Crippen LogP contribution in [0.3, 0.4) is 0 Å².